The van der Waals surface area contributed by atoms with Crippen molar-refractivity contribution in [1.82, 2.24) is 15.5 Å². The Hall–Kier alpha value is -1.06. The van der Waals surface area contributed by atoms with Gasteiger partial charge in [-0.05, 0) is 57.7 Å². The zero-order valence-electron chi connectivity index (χ0n) is 18.9. The number of ether oxygens (including phenoxy) is 2. The number of nitrogens with one attached hydrogen (secondary N) is 2. The van der Waals surface area contributed by atoms with Crippen molar-refractivity contribution in [3.63, 3.8) is 0 Å². The molecule has 2 heterocycles. The predicted octanol–water partition coefficient (Wildman–Crippen LogP) is 3.57. The summed E-state index contributed by atoms with van der Waals surface area (Å²) in [6.07, 6.45) is 3.68. The smallest absolute Gasteiger partial charge is 0.191 e. The van der Waals surface area contributed by atoms with Gasteiger partial charge in [0, 0.05) is 44.7 Å². The standard InChI is InChI=1S/C23H38N4O2.HI/c1-17(2)27-10-5-6-19(15-27)13-25-23(24-4)26-14-20-8-7-18(3)12-22(20)29-21-9-11-28-16-21;/h7-8,12,17,19,21H,5-6,9-11,13-16H2,1-4H3,(H2,24,25,26);1H. The number of likely N-dealkylation sites (tertiary alicyclic amines) is 1. The Morgan fingerprint density at radius 2 is 2.13 bits per heavy atom. The molecule has 0 aliphatic carbocycles. The van der Waals surface area contributed by atoms with Gasteiger partial charge in [0.1, 0.15) is 11.9 Å². The summed E-state index contributed by atoms with van der Waals surface area (Å²) < 4.78 is 11.7. The van der Waals surface area contributed by atoms with Crippen LogP contribution in [-0.4, -0.2) is 62.9 Å². The van der Waals surface area contributed by atoms with E-state index < -0.39 is 0 Å². The minimum absolute atomic E-state index is 0. The Bertz CT molecular complexity index is 677. The lowest BCUT2D eigenvalue weighted by Crippen LogP contribution is -2.46. The topological polar surface area (TPSA) is 58.1 Å². The first kappa shape index (κ1) is 25.2. The fraction of sp³-hybridized carbons (Fsp3) is 0.696. The summed E-state index contributed by atoms with van der Waals surface area (Å²) in [7, 11) is 1.83. The van der Waals surface area contributed by atoms with Crippen molar-refractivity contribution < 1.29 is 9.47 Å². The molecular weight excluding hydrogens is 491 g/mol. The molecule has 0 spiro atoms. The van der Waals surface area contributed by atoms with E-state index in [-0.39, 0.29) is 30.1 Å². The van der Waals surface area contributed by atoms with Gasteiger partial charge in [-0.2, -0.15) is 0 Å². The maximum atomic E-state index is 6.21. The van der Waals surface area contributed by atoms with E-state index in [0.717, 1.165) is 36.8 Å². The molecule has 0 radical (unpaired) electrons. The van der Waals surface area contributed by atoms with Gasteiger partial charge in [0.25, 0.3) is 0 Å². The Kier molecular flexibility index (Phi) is 10.7. The third-order valence-electron chi connectivity index (χ3n) is 5.91. The van der Waals surface area contributed by atoms with E-state index >= 15 is 0 Å². The van der Waals surface area contributed by atoms with E-state index in [1.807, 2.05) is 7.05 Å². The molecule has 2 N–H and O–H groups in total. The van der Waals surface area contributed by atoms with Crippen molar-refractivity contribution in [2.24, 2.45) is 10.9 Å². The highest BCUT2D eigenvalue weighted by Crippen LogP contribution is 2.24. The first-order valence-electron chi connectivity index (χ1n) is 11.1. The van der Waals surface area contributed by atoms with Gasteiger partial charge in [0.2, 0.25) is 0 Å². The summed E-state index contributed by atoms with van der Waals surface area (Å²) >= 11 is 0. The molecule has 0 amide bonds. The van der Waals surface area contributed by atoms with E-state index in [1.165, 1.54) is 31.5 Å². The first-order valence-corrected chi connectivity index (χ1v) is 11.1. The minimum Gasteiger partial charge on any atom is -0.488 e. The zero-order valence-corrected chi connectivity index (χ0v) is 21.3. The van der Waals surface area contributed by atoms with Crippen LogP contribution in [-0.2, 0) is 11.3 Å². The van der Waals surface area contributed by atoms with E-state index in [2.05, 4.69) is 59.5 Å². The molecule has 1 aromatic carbocycles. The summed E-state index contributed by atoms with van der Waals surface area (Å²) in [5, 5.41) is 6.98. The van der Waals surface area contributed by atoms with Crippen LogP contribution in [0.25, 0.3) is 0 Å². The van der Waals surface area contributed by atoms with Gasteiger partial charge in [-0.15, -0.1) is 24.0 Å². The number of guanidine groups is 1. The van der Waals surface area contributed by atoms with Crippen molar-refractivity contribution in [2.75, 3.05) is 39.9 Å². The number of aryl methyl sites for hydroxylation is 1. The molecule has 2 unspecified atom stereocenters. The summed E-state index contributed by atoms with van der Waals surface area (Å²) in [4.78, 5) is 6.99. The Morgan fingerprint density at radius 1 is 1.30 bits per heavy atom. The number of halogens is 1. The maximum absolute atomic E-state index is 6.21. The largest absolute Gasteiger partial charge is 0.488 e. The molecule has 170 valence electrons. The lowest BCUT2D eigenvalue weighted by atomic mass is 9.97. The molecule has 6 nitrogen and oxygen atoms in total. The summed E-state index contributed by atoms with van der Waals surface area (Å²) in [5.74, 6) is 2.47. The second-order valence-corrected chi connectivity index (χ2v) is 8.62. The molecule has 2 aliphatic heterocycles. The summed E-state index contributed by atoms with van der Waals surface area (Å²) in [5.41, 5.74) is 2.35. The Morgan fingerprint density at radius 3 is 2.83 bits per heavy atom. The van der Waals surface area contributed by atoms with E-state index in [9.17, 15) is 0 Å². The third kappa shape index (κ3) is 7.57. The van der Waals surface area contributed by atoms with E-state index in [0.29, 0.717) is 25.1 Å². The van der Waals surface area contributed by atoms with Crippen molar-refractivity contribution in [2.45, 2.75) is 58.7 Å². The number of rotatable bonds is 7. The average molecular weight is 530 g/mol. The number of nitrogens with zero attached hydrogens (tertiary/aromatic N) is 2. The number of hydrogen-bond donors (Lipinski definition) is 2. The van der Waals surface area contributed by atoms with Crippen LogP contribution < -0.4 is 15.4 Å². The molecule has 0 saturated carbocycles. The molecule has 2 fully saturated rings. The van der Waals surface area contributed by atoms with E-state index in [4.69, 9.17) is 9.47 Å². The molecular formula is C23H39IN4O2. The summed E-state index contributed by atoms with van der Waals surface area (Å²) in [6.45, 7) is 12.2. The van der Waals surface area contributed by atoms with Crippen LogP contribution in [0.15, 0.2) is 23.2 Å². The lowest BCUT2D eigenvalue weighted by molar-refractivity contribution is 0.140. The van der Waals surface area contributed by atoms with Crippen LogP contribution in [0.2, 0.25) is 0 Å². The number of benzene rings is 1. The number of hydrogen-bond acceptors (Lipinski definition) is 4. The second-order valence-electron chi connectivity index (χ2n) is 8.62. The highest BCUT2D eigenvalue weighted by atomic mass is 127. The highest BCUT2D eigenvalue weighted by Gasteiger charge is 2.22. The molecule has 7 heteroatoms. The molecule has 2 saturated heterocycles. The molecule has 1 aromatic rings. The van der Waals surface area contributed by atoms with Crippen LogP contribution in [0.4, 0.5) is 0 Å². The summed E-state index contributed by atoms with van der Waals surface area (Å²) in [6, 6.07) is 7.02. The van der Waals surface area contributed by atoms with Crippen molar-refractivity contribution in [3.8, 4) is 5.75 Å². The van der Waals surface area contributed by atoms with Crippen LogP contribution in [0, 0.1) is 12.8 Å². The Labute approximate surface area is 199 Å². The van der Waals surface area contributed by atoms with Gasteiger partial charge in [-0.3, -0.25) is 4.99 Å². The van der Waals surface area contributed by atoms with Gasteiger partial charge in [-0.25, -0.2) is 0 Å². The first-order chi connectivity index (χ1) is 14.0. The van der Waals surface area contributed by atoms with Crippen molar-refractivity contribution >= 4 is 29.9 Å². The molecule has 2 atom stereocenters. The lowest BCUT2D eigenvalue weighted by Gasteiger charge is -2.35. The maximum Gasteiger partial charge on any atom is 0.191 e. The van der Waals surface area contributed by atoms with Crippen molar-refractivity contribution in [3.05, 3.63) is 29.3 Å². The van der Waals surface area contributed by atoms with Crippen LogP contribution in [0.5, 0.6) is 5.75 Å². The molecule has 0 bridgehead atoms. The fourth-order valence-electron chi connectivity index (χ4n) is 4.08. The van der Waals surface area contributed by atoms with Gasteiger partial charge < -0.3 is 25.0 Å². The number of piperidine rings is 1. The average Bonchev–Trinajstić information content (AvgIpc) is 3.22. The van der Waals surface area contributed by atoms with Crippen LogP contribution >= 0.6 is 24.0 Å². The predicted molar refractivity (Wildman–Crippen MR) is 134 cm³/mol. The molecule has 3 rings (SSSR count). The second kappa shape index (κ2) is 12.7. The minimum atomic E-state index is 0. The molecule has 30 heavy (non-hydrogen) atoms. The quantitative estimate of drug-likeness (QED) is 0.321. The van der Waals surface area contributed by atoms with E-state index in [1.54, 1.807) is 0 Å². The van der Waals surface area contributed by atoms with Gasteiger partial charge in [-0.1, -0.05) is 12.1 Å². The van der Waals surface area contributed by atoms with Gasteiger partial charge >= 0.3 is 0 Å². The Balaban J connectivity index is 0.00000320. The number of aliphatic imine (C=N–C) groups is 1. The van der Waals surface area contributed by atoms with Gasteiger partial charge in [0.15, 0.2) is 5.96 Å². The van der Waals surface area contributed by atoms with Gasteiger partial charge in [0.05, 0.1) is 13.2 Å². The van der Waals surface area contributed by atoms with Crippen molar-refractivity contribution in [1.29, 1.82) is 0 Å². The SMILES string of the molecule is CN=C(NCc1ccc(C)cc1OC1CCOC1)NCC1CCCN(C(C)C)C1.I. The molecule has 0 aromatic heterocycles. The van der Waals surface area contributed by atoms with Crippen LogP contribution in [0.3, 0.4) is 0 Å². The van der Waals surface area contributed by atoms with Crippen LogP contribution in [0.1, 0.15) is 44.2 Å². The zero-order chi connectivity index (χ0) is 20.6. The molecule has 2 aliphatic rings. The monoisotopic (exact) mass is 530 g/mol. The normalized spacial score (nSPS) is 22.6. The fourth-order valence-corrected chi connectivity index (χ4v) is 4.08. The third-order valence-corrected chi connectivity index (χ3v) is 5.91. The highest BCUT2D eigenvalue weighted by molar-refractivity contribution is 14.0.